The molecule has 0 unspecified atom stereocenters. The second-order valence-corrected chi connectivity index (χ2v) is 6.48. The van der Waals surface area contributed by atoms with Gasteiger partial charge in [0.05, 0.1) is 10.6 Å². The summed E-state index contributed by atoms with van der Waals surface area (Å²) in [5.41, 5.74) is 2.67. The maximum absolute atomic E-state index is 12.2. The highest BCUT2D eigenvalue weighted by Gasteiger charge is 2.18. The molecule has 0 aliphatic carbocycles. The summed E-state index contributed by atoms with van der Waals surface area (Å²) in [5, 5.41) is 0.312. The number of thioether (sulfide) groups is 1. The molecule has 0 saturated carbocycles. The van der Waals surface area contributed by atoms with Crippen LogP contribution in [0.5, 0.6) is 0 Å². The van der Waals surface area contributed by atoms with Gasteiger partial charge in [0.15, 0.2) is 6.61 Å². The largest absolute Gasteiger partial charge is 0.454 e. The van der Waals surface area contributed by atoms with E-state index >= 15 is 0 Å². The van der Waals surface area contributed by atoms with Gasteiger partial charge in [-0.3, -0.25) is 4.79 Å². The number of Topliss-reactive ketones (excluding diaryl/α,β-unsaturated/α-hetero) is 1. The van der Waals surface area contributed by atoms with Crippen LogP contribution in [0.3, 0.4) is 0 Å². The summed E-state index contributed by atoms with van der Waals surface area (Å²) in [4.78, 5) is 25.3. The molecule has 122 valence electrons. The van der Waals surface area contributed by atoms with Crippen LogP contribution >= 0.6 is 23.4 Å². The number of aryl methyl sites for hydroxylation is 1. The SMILES string of the molecule is CSc1ccc(Cl)c(C(=O)OCC(=O)c2cc(C)n(C)c2C)c1. The van der Waals surface area contributed by atoms with Gasteiger partial charge in [0, 0.05) is 28.9 Å². The summed E-state index contributed by atoms with van der Waals surface area (Å²) in [5.74, 6) is -0.818. The van der Waals surface area contributed by atoms with Crippen LogP contribution < -0.4 is 0 Å². The average Bonchev–Trinajstić information content (AvgIpc) is 2.80. The Morgan fingerprint density at radius 2 is 1.91 bits per heavy atom. The van der Waals surface area contributed by atoms with E-state index in [4.69, 9.17) is 16.3 Å². The lowest BCUT2D eigenvalue weighted by Crippen LogP contribution is -2.15. The zero-order valence-electron chi connectivity index (χ0n) is 13.5. The number of esters is 1. The van der Waals surface area contributed by atoms with Crippen molar-refractivity contribution in [1.82, 2.24) is 4.57 Å². The molecule has 0 aliphatic rings. The molecule has 0 saturated heterocycles. The van der Waals surface area contributed by atoms with Crippen molar-refractivity contribution < 1.29 is 14.3 Å². The van der Waals surface area contributed by atoms with Crippen LogP contribution in [0.25, 0.3) is 0 Å². The number of benzene rings is 1. The predicted molar refractivity (Wildman–Crippen MR) is 92.7 cm³/mol. The molecule has 0 spiro atoms. The van der Waals surface area contributed by atoms with Crippen molar-refractivity contribution in [3.8, 4) is 0 Å². The van der Waals surface area contributed by atoms with Crippen LogP contribution in [0.2, 0.25) is 5.02 Å². The van der Waals surface area contributed by atoms with E-state index in [0.717, 1.165) is 16.3 Å². The van der Waals surface area contributed by atoms with Gasteiger partial charge in [0.1, 0.15) is 0 Å². The number of nitrogens with zero attached hydrogens (tertiary/aromatic N) is 1. The summed E-state index contributed by atoms with van der Waals surface area (Å²) < 4.78 is 7.06. The van der Waals surface area contributed by atoms with E-state index in [2.05, 4.69) is 0 Å². The van der Waals surface area contributed by atoms with E-state index in [9.17, 15) is 9.59 Å². The van der Waals surface area contributed by atoms with Crippen molar-refractivity contribution in [2.24, 2.45) is 7.05 Å². The van der Waals surface area contributed by atoms with Gasteiger partial charge in [-0.2, -0.15) is 0 Å². The molecule has 0 N–H and O–H groups in total. The fraction of sp³-hybridized carbons (Fsp3) is 0.294. The summed E-state index contributed by atoms with van der Waals surface area (Å²) >= 11 is 7.53. The molecule has 6 heteroatoms. The van der Waals surface area contributed by atoms with Crippen molar-refractivity contribution in [3.63, 3.8) is 0 Å². The zero-order chi connectivity index (χ0) is 17.1. The number of aromatic nitrogens is 1. The summed E-state index contributed by atoms with van der Waals surface area (Å²) in [6, 6.07) is 6.94. The summed E-state index contributed by atoms with van der Waals surface area (Å²) in [6.45, 7) is 3.48. The van der Waals surface area contributed by atoms with Gasteiger partial charge >= 0.3 is 5.97 Å². The van der Waals surface area contributed by atoms with Crippen LogP contribution in [0.1, 0.15) is 32.1 Å². The minimum atomic E-state index is -0.593. The topological polar surface area (TPSA) is 48.3 Å². The quantitative estimate of drug-likeness (QED) is 0.463. The first-order chi connectivity index (χ1) is 10.8. The Balaban J connectivity index is 2.10. The standard InChI is InChI=1S/C17H18ClNO3S/c1-10-7-13(11(2)19(10)3)16(20)9-22-17(21)14-8-12(23-4)5-6-15(14)18/h5-8H,9H2,1-4H3. The van der Waals surface area contributed by atoms with Crippen molar-refractivity contribution in [2.45, 2.75) is 18.7 Å². The van der Waals surface area contributed by atoms with Gasteiger partial charge in [-0.1, -0.05) is 11.6 Å². The molecule has 0 amide bonds. The lowest BCUT2D eigenvalue weighted by Gasteiger charge is -2.07. The zero-order valence-corrected chi connectivity index (χ0v) is 15.0. The Bertz CT molecular complexity index is 767. The Hall–Kier alpha value is -1.72. The highest BCUT2D eigenvalue weighted by molar-refractivity contribution is 7.98. The molecule has 1 heterocycles. The molecule has 2 rings (SSSR count). The molecule has 0 fully saturated rings. The first kappa shape index (κ1) is 17.6. The Labute approximate surface area is 144 Å². The van der Waals surface area contributed by atoms with E-state index in [1.165, 1.54) is 11.8 Å². The first-order valence-corrected chi connectivity index (χ1v) is 8.62. The molecule has 1 aromatic carbocycles. The Morgan fingerprint density at radius 3 is 2.48 bits per heavy atom. The van der Waals surface area contributed by atoms with E-state index in [0.29, 0.717) is 10.6 Å². The third-order valence-electron chi connectivity index (χ3n) is 3.80. The van der Waals surface area contributed by atoms with Crippen LogP contribution in [0, 0.1) is 13.8 Å². The molecule has 2 aromatic rings. The van der Waals surface area contributed by atoms with E-state index in [1.807, 2.05) is 37.8 Å². The van der Waals surface area contributed by atoms with Gasteiger partial charge in [0.2, 0.25) is 5.78 Å². The fourth-order valence-corrected chi connectivity index (χ4v) is 2.85. The average molecular weight is 352 g/mol. The number of halogens is 1. The van der Waals surface area contributed by atoms with Gasteiger partial charge in [-0.25, -0.2) is 4.79 Å². The molecule has 0 radical (unpaired) electrons. The number of rotatable bonds is 5. The predicted octanol–water partition coefficient (Wildman–Crippen LogP) is 4.06. The van der Waals surface area contributed by atoms with Crippen LogP contribution in [-0.4, -0.2) is 29.2 Å². The second kappa shape index (κ2) is 7.23. The number of ketones is 1. The number of ether oxygens (including phenoxy) is 1. The lowest BCUT2D eigenvalue weighted by atomic mass is 10.1. The minimum Gasteiger partial charge on any atom is -0.454 e. The Kier molecular flexibility index (Phi) is 5.55. The van der Waals surface area contributed by atoms with Gasteiger partial charge in [0.25, 0.3) is 0 Å². The van der Waals surface area contributed by atoms with Crippen LogP contribution in [0.15, 0.2) is 29.2 Å². The smallest absolute Gasteiger partial charge is 0.340 e. The van der Waals surface area contributed by atoms with E-state index in [1.54, 1.807) is 18.2 Å². The molecule has 0 aliphatic heterocycles. The van der Waals surface area contributed by atoms with Crippen molar-refractivity contribution in [3.05, 3.63) is 51.8 Å². The first-order valence-electron chi connectivity index (χ1n) is 7.02. The molecule has 1 aromatic heterocycles. The number of hydrogen-bond donors (Lipinski definition) is 0. The molecule has 0 atom stereocenters. The minimum absolute atomic E-state index is 0.225. The van der Waals surface area contributed by atoms with E-state index < -0.39 is 5.97 Å². The lowest BCUT2D eigenvalue weighted by molar-refractivity contribution is 0.0474. The number of carbonyl (C=O) groups is 2. The fourth-order valence-electron chi connectivity index (χ4n) is 2.21. The molecule has 4 nitrogen and oxygen atoms in total. The molecular formula is C17H18ClNO3S. The highest BCUT2D eigenvalue weighted by atomic mass is 35.5. The van der Waals surface area contributed by atoms with Crippen molar-refractivity contribution in [1.29, 1.82) is 0 Å². The normalized spacial score (nSPS) is 10.7. The number of carbonyl (C=O) groups excluding carboxylic acids is 2. The summed E-state index contributed by atoms with van der Waals surface area (Å²) in [6.07, 6.45) is 1.91. The van der Waals surface area contributed by atoms with Crippen molar-refractivity contribution >= 4 is 35.1 Å². The molecular weight excluding hydrogens is 334 g/mol. The van der Waals surface area contributed by atoms with Crippen LogP contribution in [-0.2, 0) is 11.8 Å². The molecule has 23 heavy (non-hydrogen) atoms. The monoisotopic (exact) mass is 351 g/mol. The van der Waals surface area contributed by atoms with Gasteiger partial charge < -0.3 is 9.30 Å². The van der Waals surface area contributed by atoms with Gasteiger partial charge in [-0.15, -0.1) is 11.8 Å². The Morgan fingerprint density at radius 1 is 1.22 bits per heavy atom. The summed E-state index contributed by atoms with van der Waals surface area (Å²) in [7, 11) is 1.89. The maximum Gasteiger partial charge on any atom is 0.340 e. The van der Waals surface area contributed by atoms with Crippen LogP contribution in [0.4, 0.5) is 0 Å². The highest BCUT2D eigenvalue weighted by Crippen LogP contribution is 2.24. The third kappa shape index (κ3) is 3.79. The maximum atomic E-state index is 12.2. The second-order valence-electron chi connectivity index (χ2n) is 5.19. The third-order valence-corrected chi connectivity index (χ3v) is 4.86. The van der Waals surface area contributed by atoms with E-state index in [-0.39, 0.29) is 18.0 Å². The number of hydrogen-bond acceptors (Lipinski definition) is 4. The van der Waals surface area contributed by atoms with Crippen molar-refractivity contribution in [2.75, 3.05) is 12.9 Å². The molecule has 0 bridgehead atoms. The van der Waals surface area contributed by atoms with Gasteiger partial charge in [-0.05, 0) is 44.4 Å².